The molecule has 2 N–H and O–H groups in total. The van der Waals surface area contributed by atoms with Crippen LogP contribution in [0.15, 0.2) is 73.2 Å². The second-order valence-electron chi connectivity index (χ2n) is 4.96. The van der Waals surface area contributed by atoms with Gasteiger partial charge in [0.2, 0.25) is 0 Å². The predicted molar refractivity (Wildman–Crippen MR) is 89.4 cm³/mol. The van der Waals surface area contributed by atoms with E-state index in [1.54, 1.807) is 24.7 Å². The summed E-state index contributed by atoms with van der Waals surface area (Å²) in [5.74, 6) is -0.201. The van der Waals surface area contributed by atoms with Crippen molar-refractivity contribution in [2.75, 3.05) is 5.32 Å². The maximum atomic E-state index is 12.1. The van der Waals surface area contributed by atoms with Crippen LogP contribution in [0.2, 0.25) is 0 Å². The van der Waals surface area contributed by atoms with Crippen molar-refractivity contribution >= 4 is 17.3 Å². The van der Waals surface area contributed by atoms with Gasteiger partial charge in [0.05, 0.1) is 11.9 Å². The van der Waals surface area contributed by atoms with Gasteiger partial charge in [0, 0.05) is 24.6 Å². The van der Waals surface area contributed by atoms with Crippen molar-refractivity contribution in [3.63, 3.8) is 0 Å². The molecule has 1 amide bonds. The number of anilines is 2. The van der Waals surface area contributed by atoms with Crippen molar-refractivity contribution < 1.29 is 4.79 Å². The number of benzene rings is 1. The molecule has 0 radical (unpaired) electrons. The van der Waals surface area contributed by atoms with E-state index in [9.17, 15) is 4.79 Å². The van der Waals surface area contributed by atoms with Crippen LogP contribution in [0.5, 0.6) is 0 Å². The van der Waals surface area contributed by atoms with Crippen molar-refractivity contribution in [3.8, 4) is 0 Å². The van der Waals surface area contributed by atoms with Gasteiger partial charge in [-0.3, -0.25) is 9.78 Å². The molecule has 0 aliphatic heterocycles. The fraction of sp³-hybridized carbons (Fsp3) is 0.0556. The number of hydrogen-bond donors (Lipinski definition) is 2. The number of carbonyl (C=O) groups is 1. The van der Waals surface area contributed by atoms with E-state index in [0.29, 0.717) is 12.2 Å². The molecule has 0 unspecified atom stereocenters. The Morgan fingerprint density at radius 1 is 0.913 bits per heavy atom. The fourth-order valence-electron chi connectivity index (χ4n) is 2.06. The minimum atomic E-state index is -0.201. The molecule has 114 valence electrons. The third kappa shape index (κ3) is 4.14. The standard InChI is InChI=1S/C18H16N4O/c23-18(21-12-14-8-10-19-11-9-14)17-7-6-16(13-20-17)22-15-4-2-1-3-5-15/h1-11,13,22H,12H2,(H,21,23). The van der Waals surface area contributed by atoms with Crippen LogP contribution in [-0.4, -0.2) is 15.9 Å². The van der Waals surface area contributed by atoms with Crippen LogP contribution in [0.1, 0.15) is 16.1 Å². The maximum Gasteiger partial charge on any atom is 0.270 e. The summed E-state index contributed by atoms with van der Waals surface area (Å²) in [6.45, 7) is 0.451. The van der Waals surface area contributed by atoms with Gasteiger partial charge >= 0.3 is 0 Å². The molecular weight excluding hydrogens is 288 g/mol. The van der Waals surface area contributed by atoms with Crippen molar-refractivity contribution in [1.29, 1.82) is 0 Å². The van der Waals surface area contributed by atoms with E-state index >= 15 is 0 Å². The van der Waals surface area contributed by atoms with E-state index < -0.39 is 0 Å². The Kier molecular flexibility index (Phi) is 4.59. The Morgan fingerprint density at radius 2 is 1.70 bits per heavy atom. The van der Waals surface area contributed by atoms with Gasteiger partial charge in [0.15, 0.2) is 0 Å². The van der Waals surface area contributed by atoms with E-state index in [1.165, 1.54) is 0 Å². The number of aromatic nitrogens is 2. The number of nitrogens with one attached hydrogen (secondary N) is 2. The van der Waals surface area contributed by atoms with E-state index in [1.807, 2.05) is 48.5 Å². The van der Waals surface area contributed by atoms with Crippen molar-refractivity contribution in [3.05, 3.63) is 84.4 Å². The Hall–Kier alpha value is -3.21. The van der Waals surface area contributed by atoms with Gasteiger partial charge in [-0.15, -0.1) is 0 Å². The fourth-order valence-corrected chi connectivity index (χ4v) is 2.06. The second-order valence-corrected chi connectivity index (χ2v) is 4.96. The molecular formula is C18H16N4O. The zero-order chi connectivity index (χ0) is 15.9. The number of amides is 1. The van der Waals surface area contributed by atoms with Gasteiger partial charge in [-0.25, -0.2) is 4.98 Å². The first-order chi connectivity index (χ1) is 11.3. The largest absolute Gasteiger partial charge is 0.354 e. The van der Waals surface area contributed by atoms with Crippen molar-refractivity contribution in [2.45, 2.75) is 6.54 Å². The predicted octanol–water partition coefficient (Wildman–Crippen LogP) is 3.15. The van der Waals surface area contributed by atoms with Crippen molar-refractivity contribution in [2.24, 2.45) is 0 Å². The number of para-hydroxylation sites is 1. The Morgan fingerprint density at radius 3 is 2.39 bits per heavy atom. The molecule has 3 rings (SSSR count). The number of pyridine rings is 2. The zero-order valence-electron chi connectivity index (χ0n) is 12.4. The van der Waals surface area contributed by atoms with Crippen LogP contribution < -0.4 is 10.6 Å². The molecule has 0 saturated heterocycles. The first-order valence-corrected chi connectivity index (χ1v) is 7.26. The Balaban J connectivity index is 1.59. The average molecular weight is 304 g/mol. The van der Waals surface area contributed by atoms with Crippen LogP contribution in [0.4, 0.5) is 11.4 Å². The highest BCUT2D eigenvalue weighted by molar-refractivity contribution is 5.92. The second kappa shape index (κ2) is 7.17. The zero-order valence-corrected chi connectivity index (χ0v) is 12.4. The summed E-state index contributed by atoms with van der Waals surface area (Å²) in [5.41, 5.74) is 3.19. The molecule has 5 nitrogen and oxygen atoms in total. The monoisotopic (exact) mass is 304 g/mol. The number of hydrogen-bond acceptors (Lipinski definition) is 4. The molecule has 23 heavy (non-hydrogen) atoms. The summed E-state index contributed by atoms with van der Waals surface area (Å²) in [6.07, 6.45) is 5.04. The molecule has 0 spiro atoms. The third-order valence-electron chi connectivity index (χ3n) is 3.26. The van der Waals surface area contributed by atoms with Crippen molar-refractivity contribution in [1.82, 2.24) is 15.3 Å². The summed E-state index contributed by atoms with van der Waals surface area (Å²) < 4.78 is 0. The molecule has 0 atom stereocenters. The maximum absolute atomic E-state index is 12.1. The molecule has 0 aliphatic rings. The van der Waals surface area contributed by atoms with Crippen LogP contribution in [0.3, 0.4) is 0 Å². The van der Waals surface area contributed by atoms with Gasteiger partial charge in [-0.05, 0) is 42.0 Å². The number of nitrogens with zero attached hydrogens (tertiary/aromatic N) is 2. The van der Waals surface area contributed by atoms with Gasteiger partial charge in [-0.1, -0.05) is 18.2 Å². The molecule has 0 aliphatic carbocycles. The van der Waals surface area contributed by atoms with Gasteiger partial charge in [0.1, 0.15) is 5.69 Å². The summed E-state index contributed by atoms with van der Waals surface area (Å²) in [5, 5.41) is 6.06. The Bertz CT molecular complexity index is 758. The summed E-state index contributed by atoms with van der Waals surface area (Å²) in [4.78, 5) is 20.2. The summed E-state index contributed by atoms with van der Waals surface area (Å²) in [7, 11) is 0. The van der Waals surface area contributed by atoms with E-state index in [4.69, 9.17) is 0 Å². The summed E-state index contributed by atoms with van der Waals surface area (Å²) >= 11 is 0. The van der Waals surface area contributed by atoms with Gasteiger partial charge in [0.25, 0.3) is 5.91 Å². The quantitative estimate of drug-likeness (QED) is 0.760. The highest BCUT2D eigenvalue weighted by atomic mass is 16.1. The van der Waals surface area contributed by atoms with E-state index in [0.717, 1.165) is 16.9 Å². The lowest BCUT2D eigenvalue weighted by Gasteiger charge is -2.07. The third-order valence-corrected chi connectivity index (χ3v) is 3.26. The molecule has 2 aromatic heterocycles. The minimum Gasteiger partial charge on any atom is -0.354 e. The molecule has 2 heterocycles. The van der Waals surface area contributed by atoms with Crippen LogP contribution in [0, 0.1) is 0 Å². The summed E-state index contributed by atoms with van der Waals surface area (Å²) in [6, 6.07) is 17.1. The van der Waals surface area contributed by atoms with E-state index in [2.05, 4.69) is 20.6 Å². The van der Waals surface area contributed by atoms with Crippen LogP contribution >= 0.6 is 0 Å². The lowest BCUT2D eigenvalue weighted by Crippen LogP contribution is -2.23. The number of rotatable bonds is 5. The van der Waals surface area contributed by atoms with Crippen LogP contribution in [-0.2, 0) is 6.54 Å². The van der Waals surface area contributed by atoms with Crippen LogP contribution in [0.25, 0.3) is 0 Å². The lowest BCUT2D eigenvalue weighted by molar-refractivity contribution is 0.0946. The minimum absolute atomic E-state index is 0.201. The lowest BCUT2D eigenvalue weighted by atomic mass is 10.2. The molecule has 0 bridgehead atoms. The highest BCUT2D eigenvalue weighted by Crippen LogP contribution is 2.15. The average Bonchev–Trinajstić information content (AvgIpc) is 2.62. The molecule has 0 fully saturated rings. The normalized spacial score (nSPS) is 10.1. The molecule has 5 heteroatoms. The topological polar surface area (TPSA) is 66.9 Å². The molecule has 0 saturated carbocycles. The highest BCUT2D eigenvalue weighted by Gasteiger charge is 2.06. The van der Waals surface area contributed by atoms with Gasteiger partial charge in [-0.2, -0.15) is 0 Å². The first-order valence-electron chi connectivity index (χ1n) is 7.26. The molecule has 3 aromatic rings. The first kappa shape index (κ1) is 14.7. The van der Waals surface area contributed by atoms with Gasteiger partial charge < -0.3 is 10.6 Å². The SMILES string of the molecule is O=C(NCc1ccncc1)c1ccc(Nc2ccccc2)cn1. The molecule has 1 aromatic carbocycles. The van der Waals surface area contributed by atoms with E-state index in [-0.39, 0.29) is 5.91 Å². The number of carbonyl (C=O) groups excluding carboxylic acids is 1. The smallest absolute Gasteiger partial charge is 0.270 e. The Labute approximate surface area is 134 Å².